The van der Waals surface area contributed by atoms with E-state index in [1.165, 1.54) is 6.07 Å². The summed E-state index contributed by atoms with van der Waals surface area (Å²) in [6, 6.07) is 12.1. The lowest BCUT2D eigenvalue weighted by atomic mass is 10.1. The molecule has 0 fully saturated rings. The van der Waals surface area contributed by atoms with Crippen molar-refractivity contribution >= 4 is 46.1 Å². The zero-order chi connectivity index (χ0) is 15.7. The van der Waals surface area contributed by atoms with Crippen LogP contribution in [-0.4, -0.2) is 6.21 Å². The minimum absolute atomic E-state index is 0.369. The first-order valence-corrected chi connectivity index (χ1v) is 7.32. The van der Waals surface area contributed by atoms with E-state index in [4.69, 9.17) is 27.6 Å². The Bertz CT molecular complexity index is 945. The van der Waals surface area contributed by atoms with E-state index >= 15 is 0 Å². The van der Waals surface area contributed by atoms with E-state index in [0.717, 1.165) is 16.5 Å². The molecular formula is C17H11Cl2NO2. The third-order valence-electron chi connectivity index (χ3n) is 3.25. The molecule has 3 nitrogen and oxygen atoms in total. The van der Waals surface area contributed by atoms with Crippen molar-refractivity contribution in [3.05, 3.63) is 74.1 Å². The van der Waals surface area contributed by atoms with Crippen LogP contribution in [0.3, 0.4) is 0 Å². The summed E-state index contributed by atoms with van der Waals surface area (Å²) >= 11 is 12.0. The zero-order valence-electron chi connectivity index (χ0n) is 11.6. The molecule has 0 unspecified atom stereocenters. The molecule has 0 saturated carbocycles. The SMILES string of the molecule is Cc1cc(=O)oc2cc(N=Cc3ccc(Cl)cc3Cl)ccc12. The van der Waals surface area contributed by atoms with Gasteiger partial charge in [0, 0.05) is 34.3 Å². The molecule has 0 aliphatic rings. The predicted octanol–water partition coefficient (Wildman–Crippen LogP) is 5.16. The summed E-state index contributed by atoms with van der Waals surface area (Å²) in [4.78, 5) is 15.8. The molecule has 1 heterocycles. The van der Waals surface area contributed by atoms with Gasteiger partial charge in [0.2, 0.25) is 0 Å². The summed E-state index contributed by atoms with van der Waals surface area (Å²) in [7, 11) is 0. The fourth-order valence-corrected chi connectivity index (χ4v) is 2.60. The summed E-state index contributed by atoms with van der Waals surface area (Å²) in [5.41, 5.74) is 2.46. The van der Waals surface area contributed by atoms with Gasteiger partial charge in [-0.2, -0.15) is 0 Å². The first-order chi connectivity index (χ1) is 10.5. The molecule has 3 rings (SSSR count). The van der Waals surface area contributed by atoms with E-state index in [2.05, 4.69) is 4.99 Å². The second kappa shape index (κ2) is 5.95. The van der Waals surface area contributed by atoms with Gasteiger partial charge in [-0.3, -0.25) is 4.99 Å². The van der Waals surface area contributed by atoms with Crippen molar-refractivity contribution in [2.24, 2.45) is 4.99 Å². The number of rotatable bonds is 2. The molecule has 0 aliphatic heterocycles. The van der Waals surface area contributed by atoms with Crippen LogP contribution in [-0.2, 0) is 0 Å². The summed E-state index contributed by atoms with van der Waals surface area (Å²) in [5.74, 6) is 0. The number of halogens is 2. The molecule has 0 spiro atoms. The third kappa shape index (κ3) is 3.06. The van der Waals surface area contributed by atoms with Crippen molar-refractivity contribution < 1.29 is 4.42 Å². The van der Waals surface area contributed by atoms with E-state index < -0.39 is 0 Å². The van der Waals surface area contributed by atoms with Crippen LogP contribution >= 0.6 is 23.2 Å². The summed E-state index contributed by atoms with van der Waals surface area (Å²) in [5, 5.41) is 1.99. The molecule has 0 N–H and O–H groups in total. The van der Waals surface area contributed by atoms with Gasteiger partial charge < -0.3 is 4.42 Å². The number of benzene rings is 2. The van der Waals surface area contributed by atoms with Gasteiger partial charge >= 0.3 is 5.63 Å². The number of hydrogen-bond acceptors (Lipinski definition) is 3. The first-order valence-electron chi connectivity index (χ1n) is 6.56. The predicted molar refractivity (Wildman–Crippen MR) is 90.9 cm³/mol. The van der Waals surface area contributed by atoms with Crippen LogP contribution in [0.1, 0.15) is 11.1 Å². The summed E-state index contributed by atoms with van der Waals surface area (Å²) in [6.07, 6.45) is 1.65. The Hall–Kier alpha value is -2.10. The molecule has 0 atom stereocenters. The van der Waals surface area contributed by atoms with Crippen molar-refractivity contribution in [1.82, 2.24) is 0 Å². The maximum atomic E-state index is 11.4. The Balaban J connectivity index is 2.00. The molecule has 5 heteroatoms. The van der Waals surface area contributed by atoms with Gasteiger partial charge in [0.15, 0.2) is 0 Å². The summed E-state index contributed by atoms with van der Waals surface area (Å²) in [6.45, 7) is 1.87. The molecule has 0 saturated heterocycles. The van der Waals surface area contributed by atoms with E-state index in [-0.39, 0.29) is 5.63 Å². The van der Waals surface area contributed by atoms with Gasteiger partial charge in [0.25, 0.3) is 0 Å². The fraction of sp³-hybridized carbons (Fsp3) is 0.0588. The monoisotopic (exact) mass is 331 g/mol. The second-order valence-electron chi connectivity index (χ2n) is 4.85. The lowest BCUT2D eigenvalue weighted by Gasteiger charge is -2.02. The molecule has 3 aromatic rings. The quantitative estimate of drug-likeness (QED) is 0.480. The van der Waals surface area contributed by atoms with Crippen LogP contribution in [0.15, 0.2) is 56.7 Å². The molecule has 0 aliphatic carbocycles. The molecule has 110 valence electrons. The lowest BCUT2D eigenvalue weighted by molar-refractivity contribution is 0.560. The Morgan fingerprint density at radius 3 is 2.68 bits per heavy atom. The Morgan fingerprint density at radius 1 is 1.09 bits per heavy atom. The van der Waals surface area contributed by atoms with Crippen LogP contribution in [0.4, 0.5) is 5.69 Å². The van der Waals surface area contributed by atoms with E-state index in [1.807, 2.05) is 19.1 Å². The second-order valence-corrected chi connectivity index (χ2v) is 5.70. The average molecular weight is 332 g/mol. The van der Waals surface area contributed by atoms with Crippen LogP contribution < -0.4 is 5.63 Å². The molecule has 0 bridgehead atoms. The van der Waals surface area contributed by atoms with E-state index in [0.29, 0.717) is 21.3 Å². The van der Waals surface area contributed by atoms with Crippen molar-refractivity contribution in [1.29, 1.82) is 0 Å². The molecular weight excluding hydrogens is 321 g/mol. The van der Waals surface area contributed by atoms with Crippen LogP contribution in [0.5, 0.6) is 0 Å². The average Bonchev–Trinajstić information content (AvgIpc) is 2.45. The molecule has 0 amide bonds. The van der Waals surface area contributed by atoms with Gasteiger partial charge in [0.05, 0.1) is 10.7 Å². The highest BCUT2D eigenvalue weighted by atomic mass is 35.5. The number of hydrogen-bond donors (Lipinski definition) is 0. The van der Waals surface area contributed by atoms with Crippen LogP contribution in [0.2, 0.25) is 10.0 Å². The van der Waals surface area contributed by atoms with Gasteiger partial charge in [-0.05, 0) is 36.8 Å². The Morgan fingerprint density at radius 2 is 1.91 bits per heavy atom. The lowest BCUT2D eigenvalue weighted by Crippen LogP contribution is -1.97. The van der Waals surface area contributed by atoms with E-state index in [1.54, 1.807) is 30.5 Å². The van der Waals surface area contributed by atoms with Gasteiger partial charge in [-0.1, -0.05) is 29.3 Å². The van der Waals surface area contributed by atoms with Gasteiger partial charge in [-0.15, -0.1) is 0 Å². The Kier molecular flexibility index (Phi) is 4.01. The van der Waals surface area contributed by atoms with Crippen molar-refractivity contribution in [2.75, 3.05) is 0 Å². The van der Waals surface area contributed by atoms with E-state index in [9.17, 15) is 4.79 Å². The normalized spacial score (nSPS) is 11.4. The van der Waals surface area contributed by atoms with Gasteiger partial charge in [-0.25, -0.2) is 4.79 Å². The summed E-state index contributed by atoms with van der Waals surface area (Å²) < 4.78 is 5.20. The zero-order valence-corrected chi connectivity index (χ0v) is 13.2. The molecule has 2 aromatic carbocycles. The highest BCUT2D eigenvalue weighted by molar-refractivity contribution is 6.36. The highest BCUT2D eigenvalue weighted by Gasteiger charge is 2.03. The molecule has 0 radical (unpaired) electrons. The van der Waals surface area contributed by atoms with Gasteiger partial charge in [0.1, 0.15) is 5.58 Å². The number of fused-ring (bicyclic) bond motifs is 1. The minimum atomic E-state index is -0.369. The topological polar surface area (TPSA) is 42.6 Å². The van der Waals surface area contributed by atoms with Crippen molar-refractivity contribution in [3.8, 4) is 0 Å². The Labute approximate surface area is 136 Å². The maximum absolute atomic E-state index is 11.4. The fourth-order valence-electron chi connectivity index (χ4n) is 2.14. The van der Waals surface area contributed by atoms with Crippen molar-refractivity contribution in [2.45, 2.75) is 6.92 Å². The highest BCUT2D eigenvalue weighted by Crippen LogP contribution is 2.24. The largest absolute Gasteiger partial charge is 0.423 e. The molecule has 1 aromatic heterocycles. The first kappa shape index (κ1) is 14.8. The van der Waals surface area contributed by atoms with Crippen LogP contribution in [0.25, 0.3) is 11.0 Å². The molecule has 22 heavy (non-hydrogen) atoms. The number of aryl methyl sites for hydroxylation is 1. The minimum Gasteiger partial charge on any atom is -0.423 e. The smallest absolute Gasteiger partial charge is 0.336 e. The number of nitrogens with zero attached hydrogens (tertiary/aromatic N) is 1. The standard InChI is InChI=1S/C17H11Cl2NO2/c1-10-6-17(21)22-16-8-13(4-5-14(10)16)20-9-11-2-3-12(18)7-15(11)19/h2-9H,1H3. The maximum Gasteiger partial charge on any atom is 0.336 e. The third-order valence-corrected chi connectivity index (χ3v) is 3.81. The van der Waals surface area contributed by atoms with Crippen LogP contribution in [0, 0.1) is 6.92 Å². The van der Waals surface area contributed by atoms with Crippen molar-refractivity contribution in [3.63, 3.8) is 0 Å². The number of aliphatic imine (C=N–C) groups is 1.